The molecule has 0 fully saturated rings. The van der Waals surface area contributed by atoms with Crippen molar-refractivity contribution < 1.29 is 24.2 Å². The van der Waals surface area contributed by atoms with Crippen LogP contribution < -0.4 is 4.74 Å². The Labute approximate surface area is 185 Å². The Balaban J connectivity index is 2.49. The van der Waals surface area contributed by atoms with Crippen molar-refractivity contribution in [3.8, 4) is 16.9 Å². The van der Waals surface area contributed by atoms with Crippen molar-refractivity contribution in [3.05, 3.63) is 52.0 Å². The molecule has 0 aromatic heterocycles. The van der Waals surface area contributed by atoms with E-state index in [1.165, 1.54) is 0 Å². The van der Waals surface area contributed by atoms with Gasteiger partial charge in [0.05, 0.1) is 13.5 Å². The number of benzene rings is 2. The van der Waals surface area contributed by atoms with Crippen molar-refractivity contribution in [2.45, 2.75) is 46.3 Å². The molecule has 2 aromatic rings. The van der Waals surface area contributed by atoms with E-state index in [0.29, 0.717) is 24.4 Å². The van der Waals surface area contributed by atoms with Crippen LogP contribution in [0.4, 0.5) is 4.79 Å². The van der Waals surface area contributed by atoms with Crippen molar-refractivity contribution in [1.82, 2.24) is 4.90 Å². The van der Waals surface area contributed by atoms with Crippen molar-refractivity contribution in [2.75, 3.05) is 13.7 Å². The molecule has 0 saturated heterocycles. The minimum atomic E-state index is -0.899. The van der Waals surface area contributed by atoms with E-state index in [-0.39, 0.29) is 12.5 Å². The molecular formula is C23H28BrNO5. The van der Waals surface area contributed by atoms with E-state index in [1.54, 1.807) is 24.1 Å². The maximum absolute atomic E-state index is 12.6. The number of carbonyl (C=O) groups excluding carboxylic acids is 1. The molecule has 0 aliphatic heterocycles. The van der Waals surface area contributed by atoms with Crippen LogP contribution in [0.25, 0.3) is 11.1 Å². The number of aliphatic carboxylic acids is 1. The summed E-state index contributed by atoms with van der Waals surface area (Å²) < 4.78 is 11.9. The lowest BCUT2D eigenvalue weighted by molar-refractivity contribution is -0.136. The summed E-state index contributed by atoms with van der Waals surface area (Å²) in [7, 11) is 1.58. The van der Waals surface area contributed by atoms with Gasteiger partial charge in [-0.3, -0.25) is 4.79 Å². The zero-order valence-electron chi connectivity index (χ0n) is 18.0. The van der Waals surface area contributed by atoms with E-state index >= 15 is 0 Å². The Hall–Kier alpha value is -2.54. The quantitative estimate of drug-likeness (QED) is 0.568. The molecule has 2 rings (SSSR count). The Bertz CT molecular complexity index is 920. The third-order valence-corrected chi connectivity index (χ3v) is 4.86. The zero-order chi connectivity index (χ0) is 22.5. The fraction of sp³-hybridized carbons (Fsp3) is 0.391. The highest BCUT2D eigenvalue weighted by Crippen LogP contribution is 2.35. The number of ether oxygens (including phenoxy) is 2. The SMILES string of the molecule is CCN(Cc1cc(Br)ccc1-c1cc(CC(=O)O)ccc1OC)C(=O)OC(C)(C)C. The Kier molecular flexibility index (Phi) is 7.89. The predicted octanol–water partition coefficient (Wildman–Crippen LogP) is 5.51. The molecule has 0 atom stereocenters. The second kappa shape index (κ2) is 9.98. The van der Waals surface area contributed by atoms with Crippen molar-refractivity contribution >= 4 is 28.0 Å². The van der Waals surface area contributed by atoms with Crippen molar-refractivity contribution in [2.24, 2.45) is 0 Å². The highest BCUT2D eigenvalue weighted by molar-refractivity contribution is 9.10. The molecule has 0 bridgehead atoms. The van der Waals surface area contributed by atoms with Gasteiger partial charge in [0.15, 0.2) is 0 Å². The molecule has 1 amide bonds. The highest BCUT2D eigenvalue weighted by Gasteiger charge is 2.23. The molecular weight excluding hydrogens is 450 g/mol. The lowest BCUT2D eigenvalue weighted by Crippen LogP contribution is -2.36. The Morgan fingerprint density at radius 3 is 2.37 bits per heavy atom. The van der Waals surface area contributed by atoms with Gasteiger partial charge in [-0.2, -0.15) is 0 Å². The number of hydrogen-bond donors (Lipinski definition) is 1. The van der Waals surface area contributed by atoms with Crippen molar-refractivity contribution in [1.29, 1.82) is 0 Å². The molecule has 6 nitrogen and oxygen atoms in total. The van der Waals surface area contributed by atoms with E-state index in [4.69, 9.17) is 14.6 Å². The minimum absolute atomic E-state index is 0.0815. The highest BCUT2D eigenvalue weighted by atomic mass is 79.9. The van der Waals surface area contributed by atoms with Crippen LogP contribution in [0.3, 0.4) is 0 Å². The largest absolute Gasteiger partial charge is 0.496 e. The molecule has 0 aliphatic rings. The van der Waals surface area contributed by atoms with Crippen LogP contribution in [0.15, 0.2) is 40.9 Å². The number of hydrogen-bond acceptors (Lipinski definition) is 4. The molecule has 0 saturated carbocycles. The van der Waals surface area contributed by atoms with Gasteiger partial charge in [-0.05, 0) is 68.7 Å². The predicted molar refractivity (Wildman–Crippen MR) is 120 cm³/mol. The molecule has 0 radical (unpaired) electrons. The van der Waals surface area contributed by atoms with Crippen molar-refractivity contribution in [3.63, 3.8) is 0 Å². The van der Waals surface area contributed by atoms with Crippen LogP contribution in [0.1, 0.15) is 38.8 Å². The number of methoxy groups -OCH3 is 1. The summed E-state index contributed by atoms with van der Waals surface area (Å²) in [6, 6.07) is 11.1. The number of rotatable bonds is 7. The Morgan fingerprint density at radius 2 is 1.80 bits per heavy atom. The van der Waals surface area contributed by atoms with Gasteiger partial charge < -0.3 is 19.5 Å². The first-order valence-corrected chi connectivity index (χ1v) is 10.5. The summed E-state index contributed by atoms with van der Waals surface area (Å²) in [5.74, 6) is -0.266. The average Bonchev–Trinajstić information content (AvgIpc) is 2.64. The van der Waals surface area contributed by atoms with Crippen LogP contribution in [-0.2, 0) is 22.5 Å². The van der Waals surface area contributed by atoms with E-state index in [1.807, 2.05) is 52.0 Å². The third kappa shape index (κ3) is 6.49. The van der Waals surface area contributed by atoms with E-state index in [9.17, 15) is 9.59 Å². The first-order valence-electron chi connectivity index (χ1n) is 9.69. The summed E-state index contributed by atoms with van der Waals surface area (Å²) in [5.41, 5.74) is 2.62. The molecule has 162 valence electrons. The minimum Gasteiger partial charge on any atom is -0.496 e. The van der Waals surface area contributed by atoms with Gasteiger partial charge in [-0.25, -0.2) is 4.79 Å². The molecule has 0 spiro atoms. The number of carbonyl (C=O) groups is 2. The maximum Gasteiger partial charge on any atom is 0.410 e. The number of nitrogens with zero attached hydrogens (tertiary/aromatic N) is 1. The van der Waals surface area contributed by atoms with Gasteiger partial charge in [-0.15, -0.1) is 0 Å². The van der Waals surface area contributed by atoms with Gasteiger partial charge in [0.25, 0.3) is 0 Å². The third-order valence-electron chi connectivity index (χ3n) is 4.37. The van der Waals surface area contributed by atoms with Crippen LogP contribution in [0.2, 0.25) is 0 Å². The molecule has 0 unspecified atom stereocenters. The summed E-state index contributed by atoms with van der Waals surface area (Å²) >= 11 is 3.51. The number of halogens is 1. The average molecular weight is 478 g/mol. The molecule has 7 heteroatoms. The monoisotopic (exact) mass is 477 g/mol. The van der Waals surface area contributed by atoms with E-state index < -0.39 is 11.6 Å². The number of carboxylic acid groups (broad SMARTS) is 1. The van der Waals surface area contributed by atoms with E-state index in [0.717, 1.165) is 21.2 Å². The molecule has 0 aliphatic carbocycles. The van der Waals surface area contributed by atoms with Crippen LogP contribution >= 0.6 is 15.9 Å². The van der Waals surface area contributed by atoms with Gasteiger partial charge in [0.2, 0.25) is 0 Å². The fourth-order valence-corrected chi connectivity index (χ4v) is 3.45. The maximum atomic E-state index is 12.6. The molecule has 30 heavy (non-hydrogen) atoms. The van der Waals surface area contributed by atoms with Gasteiger partial charge in [0, 0.05) is 23.1 Å². The van der Waals surface area contributed by atoms with Gasteiger partial charge in [-0.1, -0.05) is 28.1 Å². The number of carboxylic acids is 1. The standard InChI is InChI=1S/C23H28BrNO5/c1-6-25(22(28)30-23(2,3)4)14-16-13-17(24)8-9-18(16)19-11-15(12-21(26)27)7-10-20(19)29-5/h7-11,13H,6,12,14H2,1-5H3,(H,26,27). The molecule has 1 N–H and O–H groups in total. The first kappa shape index (κ1) is 23.7. The lowest BCUT2D eigenvalue weighted by atomic mass is 9.96. The normalized spacial score (nSPS) is 11.1. The summed E-state index contributed by atoms with van der Waals surface area (Å²) in [4.78, 5) is 25.4. The number of amides is 1. The van der Waals surface area contributed by atoms with Crippen LogP contribution in [0, 0.1) is 0 Å². The topological polar surface area (TPSA) is 76.1 Å². The Morgan fingerprint density at radius 1 is 1.10 bits per heavy atom. The van der Waals surface area contributed by atoms with Gasteiger partial charge >= 0.3 is 12.1 Å². The van der Waals surface area contributed by atoms with E-state index in [2.05, 4.69) is 15.9 Å². The summed E-state index contributed by atoms with van der Waals surface area (Å²) in [6.45, 7) is 8.23. The van der Waals surface area contributed by atoms with Crippen LogP contribution in [0.5, 0.6) is 5.75 Å². The van der Waals surface area contributed by atoms with Crippen LogP contribution in [-0.4, -0.2) is 41.3 Å². The summed E-state index contributed by atoms with van der Waals surface area (Å²) in [5, 5.41) is 9.16. The first-order chi connectivity index (χ1) is 14.0. The van der Waals surface area contributed by atoms with Gasteiger partial charge in [0.1, 0.15) is 11.4 Å². The fourth-order valence-electron chi connectivity index (χ4n) is 3.04. The molecule has 0 heterocycles. The summed E-state index contributed by atoms with van der Waals surface area (Å²) in [6.07, 6.45) is -0.468. The lowest BCUT2D eigenvalue weighted by Gasteiger charge is -2.27. The molecule has 2 aromatic carbocycles. The smallest absolute Gasteiger partial charge is 0.410 e. The second-order valence-corrected chi connectivity index (χ2v) is 8.82. The second-order valence-electron chi connectivity index (χ2n) is 7.90. The zero-order valence-corrected chi connectivity index (χ0v) is 19.6.